The predicted octanol–water partition coefficient (Wildman–Crippen LogP) is 2.00. The summed E-state index contributed by atoms with van der Waals surface area (Å²) in [5.41, 5.74) is 0. The van der Waals surface area contributed by atoms with E-state index >= 15 is 0 Å². The molecule has 0 unspecified atom stereocenters. The molecule has 7 heteroatoms. The Morgan fingerprint density at radius 2 is 2.10 bits per heavy atom. The minimum absolute atomic E-state index is 0.00679. The van der Waals surface area contributed by atoms with Crippen molar-refractivity contribution in [3.05, 3.63) is 20.8 Å². The number of hydrogen-bond donors (Lipinski definition) is 1. The molecule has 20 heavy (non-hydrogen) atoms. The third kappa shape index (κ3) is 5.50. The smallest absolute Gasteiger partial charge is 0.243 e. The largest absolute Gasteiger partial charge is 0.357 e. The summed E-state index contributed by atoms with van der Waals surface area (Å²) in [4.78, 5) is 20.8. The molecule has 0 aromatic carbocycles. The molecule has 5 nitrogen and oxygen atoms in total. The molecule has 1 aromatic heterocycles. The Bertz CT molecular complexity index is 473. The van der Waals surface area contributed by atoms with Gasteiger partial charge in [-0.2, -0.15) is 0 Å². The average Bonchev–Trinajstić information content (AvgIpc) is 2.79. The van der Waals surface area contributed by atoms with Gasteiger partial charge in [0.2, 0.25) is 5.91 Å². The van der Waals surface area contributed by atoms with E-state index in [1.807, 2.05) is 24.9 Å². The molecule has 0 aliphatic heterocycles. The van der Waals surface area contributed by atoms with Gasteiger partial charge in [0.15, 0.2) is 5.96 Å². The van der Waals surface area contributed by atoms with Crippen molar-refractivity contribution in [3.8, 4) is 0 Å². The summed E-state index contributed by atoms with van der Waals surface area (Å²) in [6, 6.07) is 4.12. The van der Waals surface area contributed by atoms with Gasteiger partial charge >= 0.3 is 0 Å². The van der Waals surface area contributed by atoms with E-state index in [1.165, 1.54) is 4.88 Å². The minimum atomic E-state index is -0.00679. The third-order valence-corrected chi connectivity index (χ3v) is 4.19. The molecule has 1 rings (SSSR count). The number of likely N-dealkylation sites (N-methyl/N-ethyl adjacent to an activating group) is 1. The van der Waals surface area contributed by atoms with Crippen LogP contribution in [0.1, 0.15) is 11.8 Å². The number of nitrogens with one attached hydrogen (secondary N) is 1. The first-order valence-electron chi connectivity index (χ1n) is 6.37. The Hall–Kier alpha value is -1.08. The molecule has 112 valence electrons. The Morgan fingerprint density at radius 3 is 2.60 bits per heavy atom. The van der Waals surface area contributed by atoms with Gasteiger partial charge in [-0.05, 0) is 35.0 Å². The molecule has 0 saturated heterocycles. The topological polar surface area (TPSA) is 47.9 Å². The summed E-state index contributed by atoms with van der Waals surface area (Å²) >= 11 is 5.16. The lowest BCUT2D eigenvalue weighted by Crippen LogP contribution is -2.39. The van der Waals surface area contributed by atoms with Crippen LogP contribution in [0.5, 0.6) is 0 Å². The van der Waals surface area contributed by atoms with Gasteiger partial charge in [0, 0.05) is 32.6 Å². The molecule has 0 fully saturated rings. The van der Waals surface area contributed by atoms with E-state index < -0.39 is 0 Å². The van der Waals surface area contributed by atoms with Gasteiger partial charge in [-0.1, -0.05) is 0 Å². The highest BCUT2D eigenvalue weighted by Gasteiger charge is 2.09. The molecular weight excluding hydrogens is 340 g/mol. The van der Waals surface area contributed by atoms with Gasteiger partial charge in [-0.15, -0.1) is 11.3 Å². The van der Waals surface area contributed by atoms with Crippen molar-refractivity contribution in [3.63, 3.8) is 0 Å². The van der Waals surface area contributed by atoms with Crippen molar-refractivity contribution in [2.24, 2.45) is 4.99 Å². The van der Waals surface area contributed by atoms with Gasteiger partial charge in [-0.25, -0.2) is 4.99 Å². The number of rotatable bonds is 5. The summed E-state index contributed by atoms with van der Waals surface area (Å²) in [7, 11) is 5.44. The molecule has 0 aliphatic carbocycles. The highest BCUT2D eigenvalue weighted by atomic mass is 79.9. The van der Waals surface area contributed by atoms with Crippen LogP contribution in [0.4, 0.5) is 0 Å². The molecular formula is C13H21BrN4OS. The molecule has 0 spiro atoms. The van der Waals surface area contributed by atoms with Crippen molar-refractivity contribution in [2.45, 2.75) is 13.5 Å². The first kappa shape index (κ1) is 17.0. The zero-order chi connectivity index (χ0) is 15.1. The van der Waals surface area contributed by atoms with Crippen LogP contribution in [0.3, 0.4) is 0 Å². The number of amides is 1. The third-order valence-electron chi connectivity index (χ3n) is 2.58. The summed E-state index contributed by atoms with van der Waals surface area (Å²) < 4.78 is 1.12. The van der Waals surface area contributed by atoms with Crippen LogP contribution < -0.4 is 5.32 Å². The van der Waals surface area contributed by atoms with Crippen LogP contribution in [-0.2, 0) is 11.3 Å². The Kier molecular flexibility index (Phi) is 7.01. The lowest BCUT2D eigenvalue weighted by Gasteiger charge is -2.21. The van der Waals surface area contributed by atoms with E-state index in [9.17, 15) is 4.79 Å². The van der Waals surface area contributed by atoms with Crippen molar-refractivity contribution in [1.29, 1.82) is 0 Å². The molecule has 0 aliphatic rings. The van der Waals surface area contributed by atoms with Crippen molar-refractivity contribution in [1.82, 2.24) is 15.1 Å². The molecule has 1 aromatic rings. The number of guanidine groups is 1. The predicted molar refractivity (Wildman–Crippen MR) is 88.2 cm³/mol. The van der Waals surface area contributed by atoms with Crippen LogP contribution in [0.25, 0.3) is 0 Å². The fourth-order valence-electron chi connectivity index (χ4n) is 1.50. The number of nitrogens with zero attached hydrogens (tertiary/aromatic N) is 3. The molecule has 0 saturated carbocycles. The second kappa shape index (κ2) is 8.26. The molecule has 1 heterocycles. The standard InChI is InChI=1S/C13H21BrN4OS/c1-5-15-13(16-8-12(19)17(2)3)18(4)9-10-6-7-11(14)20-10/h6-7H,5,8-9H2,1-4H3,(H,15,16). The van der Waals surface area contributed by atoms with Gasteiger partial charge in [0.1, 0.15) is 6.54 Å². The quantitative estimate of drug-likeness (QED) is 0.645. The maximum absolute atomic E-state index is 11.6. The van der Waals surface area contributed by atoms with Gasteiger partial charge in [0.05, 0.1) is 10.3 Å². The number of halogens is 1. The van der Waals surface area contributed by atoms with E-state index in [2.05, 4.69) is 32.3 Å². The Labute approximate surface area is 132 Å². The van der Waals surface area contributed by atoms with Crippen molar-refractivity contribution >= 4 is 39.1 Å². The van der Waals surface area contributed by atoms with Gasteiger partial charge in [-0.3, -0.25) is 4.79 Å². The molecule has 0 radical (unpaired) electrons. The molecule has 1 N–H and O–H groups in total. The number of hydrogen-bond acceptors (Lipinski definition) is 3. The monoisotopic (exact) mass is 360 g/mol. The maximum Gasteiger partial charge on any atom is 0.243 e. The average molecular weight is 361 g/mol. The van der Waals surface area contributed by atoms with Crippen LogP contribution >= 0.6 is 27.3 Å². The van der Waals surface area contributed by atoms with Gasteiger partial charge in [0.25, 0.3) is 0 Å². The lowest BCUT2D eigenvalue weighted by atomic mass is 10.4. The first-order valence-corrected chi connectivity index (χ1v) is 7.98. The molecule has 1 amide bonds. The summed E-state index contributed by atoms with van der Waals surface area (Å²) in [5.74, 6) is 0.736. The minimum Gasteiger partial charge on any atom is -0.357 e. The normalized spacial score (nSPS) is 11.3. The van der Waals surface area contributed by atoms with Crippen LogP contribution in [-0.4, -0.2) is 55.9 Å². The van der Waals surface area contributed by atoms with E-state index in [-0.39, 0.29) is 12.5 Å². The maximum atomic E-state index is 11.6. The number of thiophene rings is 1. The second-order valence-corrected chi connectivity index (χ2v) is 7.07. The Morgan fingerprint density at radius 1 is 1.40 bits per heavy atom. The number of carbonyl (C=O) groups is 1. The van der Waals surface area contributed by atoms with E-state index in [1.54, 1.807) is 30.3 Å². The molecule has 0 bridgehead atoms. The van der Waals surface area contributed by atoms with E-state index in [0.29, 0.717) is 0 Å². The number of aliphatic imine (C=N–C) groups is 1. The highest BCUT2D eigenvalue weighted by molar-refractivity contribution is 9.11. The fourth-order valence-corrected chi connectivity index (χ4v) is 3.04. The van der Waals surface area contributed by atoms with Crippen molar-refractivity contribution < 1.29 is 4.79 Å². The van der Waals surface area contributed by atoms with Crippen LogP contribution in [0, 0.1) is 0 Å². The summed E-state index contributed by atoms with van der Waals surface area (Å²) in [5, 5.41) is 3.20. The number of carbonyl (C=O) groups excluding carboxylic acids is 1. The summed E-state index contributed by atoms with van der Waals surface area (Å²) in [6.07, 6.45) is 0. The van der Waals surface area contributed by atoms with E-state index in [0.717, 1.165) is 22.8 Å². The zero-order valence-corrected chi connectivity index (χ0v) is 14.7. The highest BCUT2D eigenvalue weighted by Crippen LogP contribution is 2.22. The fraction of sp³-hybridized carbons (Fsp3) is 0.538. The zero-order valence-electron chi connectivity index (χ0n) is 12.3. The lowest BCUT2D eigenvalue weighted by molar-refractivity contribution is -0.127. The molecule has 0 atom stereocenters. The van der Waals surface area contributed by atoms with Crippen LogP contribution in [0.15, 0.2) is 20.9 Å². The van der Waals surface area contributed by atoms with Gasteiger partial charge < -0.3 is 15.1 Å². The Balaban J connectivity index is 2.68. The van der Waals surface area contributed by atoms with E-state index in [4.69, 9.17) is 0 Å². The first-order chi connectivity index (χ1) is 9.43. The van der Waals surface area contributed by atoms with Crippen LogP contribution in [0.2, 0.25) is 0 Å². The van der Waals surface area contributed by atoms with Crippen molar-refractivity contribution in [2.75, 3.05) is 34.2 Å². The summed E-state index contributed by atoms with van der Waals surface area (Å²) in [6.45, 7) is 3.71. The SMILES string of the molecule is CCNC(=NCC(=O)N(C)C)N(C)Cc1ccc(Br)s1. The second-order valence-electron chi connectivity index (χ2n) is 4.52.